The minimum absolute atomic E-state index is 0.00787. The van der Waals surface area contributed by atoms with Gasteiger partial charge in [0.1, 0.15) is 0 Å². The molecule has 0 unspecified atom stereocenters. The zero-order valence-corrected chi connectivity index (χ0v) is 11.2. The molecule has 1 aromatic heterocycles. The molecule has 1 heterocycles. The van der Waals surface area contributed by atoms with Crippen molar-refractivity contribution in [2.24, 2.45) is 11.7 Å². The first kappa shape index (κ1) is 14.5. The summed E-state index contributed by atoms with van der Waals surface area (Å²) >= 11 is 0. The van der Waals surface area contributed by atoms with E-state index >= 15 is 0 Å². The molecule has 0 bridgehead atoms. The topological polar surface area (TPSA) is 105 Å². The Balaban J connectivity index is 1.89. The average Bonchev–Trinajstić information content (AvgIpc) is 2.41. The Labute approximate surface area is 117 Å². The Bertz CT molecular complexity index is 479. The molecule has 1 aliphatic carbocycles. The Morgan fingerprint density at radius 3 is 2.55 bits per heavy atom. The summed E-state index contributed by atoms with van der Waals surface area (Å²) < 4.78 is 0. The first-order chi connectivity index (χ1) is 9.54. The van der Waals surface area contributed by atoms with Crippen LogP contribution in [0.2, 0.25) is 0 Å². The molecule has 0 saturated heterocycles. The van der Waals surface area contributed by atoms with Crippen molar-refractivity contribution in [2.45, 2.75) is 38.1 Å². The van der Waals surface area contributed by atoms with Crippen LogP contribution in [0.4, 0.5) is 5.69 Å². The number of rotatable bonds is 4. The predicted molar refractivity (Wildman–Crippen MR) is 74.1 cm³/mol. The third kappa shape index (κ3) is 4.03. The maximum absolute atomic E-state index is 12.1. The molecule has 0 aliphatic heterocycles. The normalized spacial score (nSPS) is 22.2. The lowest BCUT2D eigenvalue weighted by atomic mass is 9.86. The quantitative estimate of drug-likeness (QED) is 0.766. The molecule has 6 nitrogen and oxygen atoms in total. The van der Waals surface area contributed by atoms with Gasteiger partial charge < -0.3 is 16.2 Å². The van der Waals surface area contributed by atoms with Crippen LogP contribution in [-0.4, -0.2) is 28.0 Å². The van der Waals surface area contributed by atoms with Gasteiger partial charge in [0, 0.05) is 12.0 Å². The molecule has 1 amide bonds. The number of nitrogens with one attached hydrogen (secondary N) is 1. The van der Waals surface area contributed by atoms with E-state index in [4.69, 9.17) is 10.8 Å². The van der Waals surface area contributed by atoms with E-state index in [-0.39, 0.29) is 24.3 Å². The lowest BCUT2D eigenvalue weighted by Gasteiger charge is -2.25. The van der Waals surface area contributed by atoms with E-state index in [1.54, 1.807) is 12.1 Å². The molecule has 20 heavy (non-hydrogen) atoms. The molecular weight excluding hydrogens is 258 g/mol. The van der Waals surface area contributed by atoms with Crippen molar-refractivity contribution >= 4 is 17.6 Å². The van der Waals surface area contributed by atoms with E-state index in [0.29, 0.717) is 11.4 Å². The van der Waals surface area contributed by atoms with Gasteiger partial charge in [0.05, 0.1) is 24.0 Å². The van der Waals surface area contributed by atoms with Crippen LogP contribution in [0.1, 0.15) is 31.4 Å². The number of hydrogen-bond acceptors (Lipinski definition) is 4. The SMILES string of the molecule is NC1CCC(C(=O)Nc2ccc(CC(=O)O)nc2)CC1. The number of carboxylic acid groups (broad SMARTS) is 1. The van der Waals surface area contributed by atoms with Gasteiger partial charge in [-0.15, -0.1) is 0 Å². The summed E-state index contributed by atoms with van der Waals surface area (Å²) in [6, 6.07) is 3.51. The highest BCUT2D eigenvalue weighted by atomic mass is 16.4. The molecule has 1 aliphatic rings. The molecule has 0 spiro atoms. The van der Waals surface area contributed by atoms with Gasteiger partial charge in [-0.3, -0.25) is 14.6 Å². The number of nitrogens with zero attached hydrogens (tertiary/aromatic N) is 1. The fourth-order valence-corrected chi connectivity index (χ4v) is 2.38. The zero-order valence-electron chi connectivity index (χ0n) is 11.2. The van der Waals surface area contributed by atoms with Crippen molar-refractivity contribution in [3.63, 3.8) is 0 Å². The molecular formula is C14H19N3O3. The highest BCUT2D eigenvalue weighted by Crippen LogP contribution is 2.24. The van der Waals surface area contributed by atoms with E-state index in [1.165, 1.54) is 6.20 Å². The molecule has 6 heteroatoms. The number of aliphatic carboxylic acids is 1. The Kier molecular flexibility index (Phi) is 4.68. The maximum atomic E-state index is 12.1. The van der Waals surface area contributed by atoms with E-state index < -0.39 is 5.97 Å². The molecule has 108 valence electrons. The average molecular weight is 277 g/mol. The minimum Gasteiger partial charge on any atom is -0.481 e. The number of hydrogen-bond donors (Lipinski definition) is 3. The first-order valence-corrected chi connectivity index (χ1v) is 6.78. The monoisotopic (exact) mass is 277 g/mol. The van der Waals surface area contributed by atoms with Crippen LogP contribution in [0.5, 0.6) is 0 Å². The largest absolute Gasteiger partial charge is 0.481 e. The van der Waals surface area contributed by atoms with Gasteiger partial charge in [-0.1, -0.05) is 0 Å². The summed E-state index contributed by atoms with van der Waals surface area (Å²) in [5, 5.41) is 11.5. The number of amides is 1. The molecule has 0 radical (unpaired) electrons. The van der Waals surface area contributed by atoms with Crippen LogP contribution in [0.15, 0.2) is 18.3 Å². The van der Waals surface area contributed by atoms with Crippen LogP contribution >= 0.6 is 0 Å². The van der Waals surface area contributed by atoms with E-state index in [2.05, 4.69) is 10.3 Å². The van der Waals surface area contributed by atoms with Crippen molar-refractivity contribution in [1.29, 1.82) is 0 Å². The molecule has 1 aromatic rings. The van der Waals surface area contributed by atoms with Gasteiger partial charge in [0.2, 0.25) is 5.91 Å². The van der Waals surface area contributed by atoms with Gasteiger partial charge in [0.25, 0.3) is 0 Å². The van der Waals surface area contributed by atoms with Gasteiger partial charge in [-0.25, -0.2) is 0 Å². The number of carbonyl (C=O) groups excluding carboxylic acids is 1. The van der Waals surface area contributed by atoms with Crippen LogP contribution < -0.4 is 11.1 Å². The summed E-state index contributed by atoms with van der Waals surface area (Å²) in [5.74, 6) is -0.925. The molecule has 0 aromatic carbocycles. The number of carboxylic acids is 1. The minimum atomic E-state index is -0.923. The van der Waals surface area contributed by atoms with Gasteiger partial charge >= 0.3 is 5.97 Å². The third-order valence-corrected chi connectivity index (χ3v) is 3.57. The fraction of sp³-hybridized carbons (Fsp3) is 0.500. The van der Waals surface area contributed by atoms with Crippen molar-refractivity contribution in [2.75, 3.05) is 5.32 Å². The number of aromatic nitrogens is 1. The van der Waals surface area contributed by atoms with Gasteiger partial charge in [-0.2, -0.15) is 0 Å². The third-order valence-electron chi connectivity index (χ3n) is 3.57. The lowest BCUT2D eigenvalue weighted by molar-refractivity contribution is -0.136. The smallest absolute Gasteiger partial charge is 0.309 e. The Morgan fingerprint density at radius 2 is 2.00 bits per heavy atom. The lowest BCUT2D eigenvalue weighted by Crippen LogP contribution is -2.32. The zero-order chi connectivity index (χ0) is 14.5. The van der Waals surface area contributed by atoms with Crippen molar-refractivity contribution in [3.8, 4) is 0 Å². The highest BCUT2D eigenvalue weighted by Gasteiger charge is 2.24. The molecule has 1 saturated carbocycles. The van der Waals surface area contributed by atoms with Crippen molar-refractivity contribution in [3.05, 3.63) is 24.0 Å². The number of pyridine rings is 1. The van der Waals surface area contributed by atoms with Gasteiger partial charge in [-0.05, 0) is 37.8 Å². The predicted octanol–water partition coefficient (Wildman–Crippen LogP) is 1.16. The molecule has 2 rings (SSSR count). The number of carbonyl (C=O) groups is 2. The second-order valence-electron chi connectivity index (χ2n) is 5.21. The fourth-order valence-electron chi connectivity index (χ4n) is 2.38. The van der Waals surface area contributed by atoms with Crippen LogP contribution in [0, 0.1) is 5.92 Å². The van der Waals surface area contributed by atoms with Crippen LogP contribution in [0.3, 0.4) is 0 Å². The molecule has 1 fully saturated rings. The first-order valence-electron chi connectivity index (χ1n) is 6.78. The Morgan fingerprint density at radius 1 is 1.30 bits per heavy atom. The molecule has 0 atom stereocenters. The second-order valence-corrected chi connectivity index (χ2v) is 5.21. The summed E-state index contributed by atoms with van der Waals surface area (Å²) in [6.45, 7) is 0. The summed E-state index contributed by atoms with van der Waals surface area (Å²) in [6.07, 6.45) is 4.77. The van der Waals surface area contributed by atoms with E-state index in [1.807, 2.05) is 0 Å². The highest BCUT2D eigenvalue weighted by molar-refractivity contribution is 5.92. The summed E-state index contributed by atoms with van der Waals surface area (Å²) in [5.41, 5.74) is 6.88. The van der Waals surface area contributed by atoms with Crippen molar-refractivity contribution < 1.29 is 14.7 Å². The summed E-state index contributed by atoms with van der Waals surface area (Å²) in [4.78, 5) is 26.6. The van der Waals surface area contributed by atoms with Gasteiger partial charge in [0.15, 0.2) is 0 Å². The standard InChI is InChI=1S/C14H19N3O3/c15-10-3-1-9(2-4-10)14(20)17-12-6-5-11(16-8-12)7-13(18)19/h5-6,8-10H,1-4,7,15H2,(H,17,20)(H,18,19). The van der Waals surface area contributed by atoms with E-state index in [9.17, 15) is 9.59 Å². The number of anilines is 1. The van der Waals surface area contributed by atoms with Crippen LogP contribution in [0.25, 0.3) is 0 Å². The maximum Gasteiger partial charge on any atom is 0.309 e. The summed E-state index contributed by atoms with van der Waals surface area (Å²) in [7, 11) is 0. The second kappa shape index (κ2) is 6.47. The number of nitrogens with two attached hydrogens (primary N) is 1. The van der Waals surface area contributed by atoms with E-state index in [0.717, 1.165) is 25.7 Å². The molecule has 4 N–H and O–H groups in total. The van der Waals surface area contributed by atoms with Crippen LogP contribution in [-0.2, 0) is 16.0 Å². The Hall–Kier alpha value is -1.95. The van der Waals surface area contributed by atoms with Crippen molar-refractivity contribution in [1.82, 2.24) is 4.98 Å².